The van der Waals surface area contributed by atoms with Crippen molar-refractivity contribution < 1.29 is 9.84 Å². The second-order valence-corrected chi connectivity index (χ2v) is 5.06. The fraction of sp³-hybridized carbons (Fsp3) is 0.786. The highest BCUT2D eigenvalue weighted by molar-refractivity contribution is 4.99. The number of hydrogen-bond donors (Lipinski definition) is 1. The average molecular weight is 269 g/mol. The lowest BCUT2D eigenvalue weighted by atomic mass is 10.2. The Kier molecular flexibility index (Phi) is 7.05. The molecule has 5 nitrogen and oxygen atoms in total. The zero-order valence-corrected chi connectivity index (χ0v) is 12.5. The Hall–Kier alpha value is -0.910. The van der Waals surface area contributed by atoms with E-state index < -0.39 is 6.10 Å². The van der Waals surface area contributed by atoms with Gasteiger partial charge in [0.15, 0.2) is 0 Å². The summed E-state index contributed by atoms with van der Waals surface area (Å²) in [7, 11) is 3.58. The Bertz CT molecular complexity index is 350. The highest BCUT2D eigenvalue weighted by Gasteiger charge is 2.11. The lowest BCUT2D eigenvalue weighted by Crippen LogP contribution is -2.31. The minimum Gasteiger partial charge on any atom is -0.389 e. The molecule has 19 heavy (non-hydrogen) atoms. The number of ether oxygens (including phenoxy) is 1. The van der Waals surface area contributed by atoms with E-state index in [0.29, 0.717) is 19.2 Å². The van der Waals surface area contributed by atoms with E-state index >= 15 is 0 Å². The van der Waals surface area contributed by atoms with Crippen LogP contribution in [0.5, 0.6) is 0 Å². The number of aromatic nitrogens is 2. The summed E-state index contributed by atoms with van der Waals surface area (Å²) in [6.07, 6.45) is 3.79. The van der Waals surface area contributed by atoms with Crippen molar-refractivity contribution in [2.24, 2.45) is 0 Å². The summed E-state index contributed by atoms with van der Waals surface area (Å²) in [5.41, 5.74) is 1.04. The largest absolute Gasteiger partial charge is 0.389 e. The van der Waals surface area contributed by atoms with E-state index in [4.69, 9.17) is 4.74 Å². The van der Waals surface area contributed by atoms with Gasteiger partial charge in [-0.05, 0) is 26.0 Å². The molecule has 1 unspecified atom stereocenters. The molecule has 1 aromatic heterocycles. The smallest absolute Gasteiger partial charge is 0.0900 e. The van der Waals surface area contributed by atoms with Crippen LogP contribution in [-0.2, 0) is 11.3 Å². The highest BCUT2D eigenvalue weighted by Crippen LogP contribution is 2.14. The van der Waals surface area contributed by atoms with Gasteiger partial charge in [0.2, 0.25) is 0 Å². The minimum atomic E-state index is -0.448. The molecule has 0 amide bonds. The van der Waals surface area contributed by atoms with Gasteiger partial charge in [-0.15, -0.1) is 0 Å². The van der Waals surface area contributed by atoms with E-state index in [9.17, 15) is 5.11 Å². The van der Waals surface area contributed by atoms with E-state index in [1.165, 1.54) is 0 Å². The van der Waals surface area contributed by atoms with Gasteiger partial charge in [0.25, 0.3) is 0 Å². The number of aliphatic hydroxyl groups excluding tert-OH is 1. The second-order valence-electron chi connectivity index (χ2n) is 5.06. The molecule has 1 aromatic rings. The lowest BCUT2D eigenvalue weighted by Gasteiger charge is -2.19. The summed E-state index contributed by atoms with van der Waals surface area (Å²) in [6, 6.07) is 2.54. The predicted molar refractivity (Wildman–Crippen MR) is 76.1 cm³/mol. The third-order valence-corrected chi connectivity index (χ3v) is 3.29. The molecule has 1 atom stereocenters. The summed E-state index contributed by atoms with van der Waals surface area (Å²) in [6.45, 7) is 6.07. The molecule has 0 saturated heterocycles. The molecule has 0 saturated carbocycles. The number of nitrogens with zero attached hydrogens (tertiary/aromatic N) is 3. The highest BCUT2D eigenvalue weighted by atomic mass is 16.5. The van der Waals surface area contributed by atoms with Gasteiger partial charge >= 0.3 is 0 Å². The summed E-state index contributed by atoms with van der Waals surface area (Å²) in [5.74, 6) is 0. The van der Waals surface area contributed by atoms with Crippen molar-refractivity contribution >= 4 is 0 Å². The number of rotatable bonds is 9. The van der Waals surface area contributed by atoms with Crippen LogP contribution in [0.1, 0.15) is 38.4 Å². The van der Waals surface area contributed by atoms with Crippen molar-refractivity contribution in [1.82, 2.24) is 14.7 Å². The van der Waals surface area contributed by atoms with Crippen LogP contribution in [0.25, 0.3) is 0 Å². The maximum Gasteiger partial charge on any atom is 0.0900 e. The van der Waals surface area contributed by atoms with Gasteiger partial charge in [0.1, 0.15) is 0 Å². The number of likely N-dealkylation sites (N-methyl/N-ethyl adjacent to an activating group) is 1. The molecule has 0 spiro atoms. The maximum atomic E-state index is 9.67. The van der Waals surface area contributed by atoms with Crippen molar-refractivity contribution in [1.29, 1.82) is 0 Å². The van der Waals surface area contributed by atoms with Crippen molar-refractivity contribution in [2.75, 3.05) is 27.3 Å². The lowest BCUT2D eigenvalue weighted by molar-refractivity contribution is 0.0416. The Morgan fingerprint density at radius 1 is 1.42 bits per heavy atom. The maximum absolute atomic E-state index is 9.67. The van der Waals surface area contributed by atoms with Crippen molar-refractivity contribution in [3.63, 3.8) is 0 Å². The van der Waals surface area contributed by atoms with Gasteiger partial charge in [0.05, 0.1) is 24.4 Å². The van der Waals surface area contributed by atoms with Gasteiger partial charge in [-0.2, -0.15) is 5.10 Å². The minimum absolute atomic E-state index is 0.368. The summed E-state index contributed by atoms with van der Waals surface area (Å²) < 4.78 is 6.97. The van der Waals surface area contributed by atoms with Gasteiger partial charge in [-0.3, -0.25) is 9.58 Å². The van der Waals surface area contributed by atoms with E-state index in [1.807, 2.05) is 13.2 Å². The van der Waals surface area contributed by atoms with Crippen LogP contribution in [-0.4, -0.2) is 53.2 Å². The van der Waals surface area contributed by atoms with Gasteiger partial charge in [-0.25, -0.2) is 0 Å². The Balaban J connectivity index is 2.48. The average Bonchev–Trinajstić information content (AvgIpc) is 2.79. The molecule has 0 aliphatic heterocycles. The Morgan fingerprint density at radius 3 is 2.68 bits per heavy atom. The van der Waals surface area contributed by atoms with Gasteiger partial charge in [-0.1, -0.05) is 13.8 Å². The van der Waals surface area contributed by atoms with Crippen molar-refractivity contribution in [3.8, 4) is 0 Å². The molecule has 0 fully saturated rings. The van der Waals surface area contributed by atoms with Crippen LogP contribution in [0.3, 0.4) is 0 Å². The Labute approximate surface area is 116 Å². The summed E-state index contributed by atoms with van der Waals surface area (Å²) in [5, 5.41) is 14.3. The van der Waals surface area contributed by atoms with E-state index in [0.717, 1.165) is 25.1 Å². The number of hydrogen-bond acceptors (Lipinski definition) is 4. The monoisotopic (exact) mass is 269 g/mol. The van der Waals surface area contributed by atoms with Crippen LogP contribution in [0.2, 0.25) is 0 Å². The van der Waals surface area contributed by atoms with Crippen molar-refractivity contribution in [2.45, 2.75) is 45.4 Å². The molecule has 0 aliphatic carbocycles. The first-order valence-electron chi connectivity index (χ1n) is 7.00. The topological polar surface area (TPSA) is 50.5 Å². The first kappa shape index (κ1) is 16.1. The molecule has 1 rings (SSSR count). The Morgan fingerprint density at radius 2 is 2.11 bits per heavy atom. The van der Waals surface area contributed by atoms with Crippen molar-refractivity contribution in [3.05, 3.63) is 18.0 Å². The SMILES string of the molecule is CCC(CC)n1ccc(CN(C)CC(O)COC)n1. The standard InChI is InChI=1S/C14H27N3O2/c1-5-13(6-2)17-8-7-12(15-17)9-16(3)10-14(18)11-19-4/h7-8,13-14,18H,5-6,9-11H2,1-4H3. The van der Waals surface area contributed by atoms with Crippen LogP contribution in [0.4, 0.5) is 0 Å². The molecule has 0 aliphatic rings. The van der Waals surface area contributed by atoms with Gasteiger partial charge < -0.3 is 9.84 Å². The van der Waals surface area contributed by atoms with Gasteiger partial charge in [0, 0.05) is 26.4 Å². The normalized spacial score (nSPS) is 13.4. The molecular formula is C14H27N3O2. The fourth-order valence-corrected chi connectivity index (χ4v) is 2.27. The molecule has 5 heteroatoms. The third-order valence-electron chi connectivity index (χ3n) is 3.29. The van der Waals surface area contributed by atoms with Crippen LogP contribution >= 0.6 is 0 Å². The molecule has 1 heterocycles. The zero-order chi connectivity index (χ0) is 14.3. The predicted octanol–water partition coefficient (Wildman–Crippen LogP) is 1.68. The molecule has 0 aromatic carbocycles. The number of methoxy groups -OCH3 is 1. The molecule has 1 N–H and O–H groups in total. The summed E-state index contributed by atoms with van der Waals surface area (Å²) in [4.78, 5) is 2.06. The van der Waals surface area contributed by atoms with Crippen LogP contribution in [0.15, 0.2) is 12.3 Å². The summed E-state index contributed by atoms with van der Waals surface area (Å²) >= 11 is 0. The fourth-order valence-electron chi connectivity index (χ4n) is 2.27. The quantitative estimate of drug-likeness (QED) is 0.741. The van der Waals surface area contributed by atoms with E-state index in [2.05, 4.69) is 34.6 Å². The molecule has 0 radical (unpaired) electrons. The first-order chi connectivity index (χ1) is 9.10. The van der Waals surface area contributed by atoms with E-state index in [-0.39, 0.29) is 0 Å². The number of aliphatic hydroxyl groups is 1. The molecule has 0 bridgehead atoms. The van der Waals surface area contributed by atoms with Crippen LogP contribution < -0.4 is 0 Å². The zero-order valence-electron chi connectivity index (χ0n) is 12.5. The van der Waals surface area contributed by atoms with E-state index in [1.54, 1.807) is 7.11 Å². The second kappa shape index (κ2) is 8.30. The van der Waals surface area contributed by atoms with Crippen LogP contribution in [0, 0.1) is 0 Å². The third kappa shape index (κ3) is 5.30. The molecule has 110 valence electrons. The molecular weight excluding hydrogens is 242 g/mol. The first-order valence-corrected chi connectivity index (χ1v) is 7.00.